The summed E-state index contributed by atoms with van der Waals surface area (Å²) in [4.78, 5) is 25.7. The average Bonchev–Trinajstić information content (AvgIpc) is 2.91. The van der Waals surface area contributed by atoms with Crippen molar-refractivity contribution in [1.82, 2.24) is 9.47 Å². The van der Waals surface area contributed by atoms with Crippen LogP contribution in [0.4, 0.5) is 0 Å². The monoisotopic (exact) mass is 304 g/mol. The molecule has 5 nitrogen and oxygen atoms in total. The molecule has 1 spiro atoms. The highest BCUT2D eigenvalue weighted by atomic mass is 16.5. The lowest BCUT2D eigenvalue weighted by Crippen LogP contribution is -2.50. The van der Waals surface area contributed by atoms with E-state index in [0.717, 1.165) is 38.8 Å². The molecule has 2 heterocycles. The number of rotatable bonds is 3. The Labute approximate surface area is 130 Å². The van der Waals surface area contributed by atoms with Gasteiger partial charge in [0.1, 0.15) is 6.54 Å². The van der Waals surface area contributed by atoms with Gasteiger partial charge in [0.05, 0.1) is 6.10 Å². The molecule has 1 amide bonds. The van der Waals surface area contributed by atoms with Gasteiger partial charge in [0, 0.05) is 50.1 Å². The van der Waals surface area contributed by atoms with Crippen LogP contribution < -0.4 is 5.43 Å². The second-order valence-corrected chi connectivity index (χ2v) is 6.60. The fraction of sp³-hybridized carbons (Fsp3) is 0.647. The van der Waals surface area contributed by atoms with Crippen molar-refractivity contribution >= 4 is 5.91 Å². The van der Waals surface area contributed by atoms with Crippen LogP contribution in [0.25, 0.3) is 0 Å². The Kier molecular flexibility index (Phi) is 4.34. The third kappa shape index (κ3) is 2.95. The number of likely N-dealkylation sites (tertiary alicyclic amines) is 1. The van der Waals surface area contributed by atoms with Gasteiger partial charge < -0.3 is 14.2 Å². The molecule has 22 heavy (non-hydrogen) atoms. The number of amides is 1. The Balaban J connectivity index is 1.67. The summed E-state index contributed by atoms with van der Waals surface area (Å²) in [5.74, 6) is 0.129. The van der Waals surface area contributed by atoms with E-state index in [9.17, 15) is 9.59 Å². The van der Waals surface area contributed by atoms with Gasteiger partial charge in [-0.15, -0.1) is 0 Å². The van der Waals surface area contributed by atoms with Gasteiger partial charge in [-0.1, -0.05) is 6.42 Å². The molecule has 2 aliphatic rings. The molecule has 1 aromatic rings. The fourth-order valence-electron chi connectivity index (χ4n) is 4.12. The molecular weight excluding hydrogens is 280 g/mol. The summed E-state index contributed by atoms with van der Waals surface area (Å²) in [7, 11) is 1.79. The lowest BCUT2D eigenvalue weighted by atomic mass is 9.76. The third-order valence-electron chi connectivity index (χ3n) is 5.25. The van der Waals surface area contributed by atoms with E-state index in [1.807, 2.05) is 4.90 Å². The lowest BCUT2D eigenvalue weighted by molar-refractivity contribution is -0.137. The molecule has 1 saturated carbocycles. The van der Waals surface area contributed by atoms with E-state index in [0.29, 0.717) is 6.54 Å². The van der Waals surface area contributed by atoms with E-state index in [1.54, 1.807) is 24.1 Å². The fourth-order valence-corrected chi connectivity index (χ4v) is 4.12. The van der Waals surface area contributed by atoms with Crippen LogP contribution in [0.1, 0.15) is 32.1 Å². The maximum Gasteiger partial charge on any atom is 0.242 e. The van der Waals surface area contributed by atoms with Crippen molar-refractivity contribution in [2.45, 2.75) is 44.8 Å². The zero-order chi connectivity index (χ0) is 15.6. The number of hydrogen-bond acceptors (Lipinski definition) is 3. The topological polar surface area (TPSA) is 51.5 Å². The number of methoxy groups -OCH3 is 1. The van der Waals surface area contributed by atoms with Gasteiger partial charge >= 0.3 is 0 Å². The summed E-state index contributed by atoms with van der Waals surface area (Å²) < 4.78 is 7.46. The van der Waals surface area contributed by atoms with Gasteiger partial charge in [0.2, 0.25) is 5.91 Å². The van der Waals surface area contributed by atoms with E-state index in [1.165, 1.54) is 18.6 Å². The smallest absolute Gasteiger partial charge is 0.242 e. The predicted molar refractivity (Wildman–Crippen MR) is 83.6 cm³/mol. The van der Waals surface area contributed by atoms with Crippen molar-refractivity contribution in [1.29, 1.82) is 0 Å². The molecule has 1 saturated heterocycles. The highest BCUT2D eigenvalue weighted by Gasteiger charge is 2.46. The standard InChI is InChI=1S/C17H24N2O3/c1-22-15-4-2-7-17(15)8-3-9-19(13-17)16(21)12-18-10-5-14(20)6-11-18/h5-6,10-11,15H,2-4,7-9,12-13H2,1H3/t15-,17-/m1/s1. The van der Waals surface area contributed by atoms with E-state index in [4.69, 9.17) is 4.74 Å². The van der Waals surface area contributed by atoms with Gasteiger partial charge in [0.15, 0.2) is 5.43 Å². The number of nitrogens with zero attached hydrogens (tertiary/aromatic N) is 2. The van der Waals surface area contributed by atoms with Gasteiger partial charge in [-0.25, -0.2) is 0 Å². The number of aromatic nitrogens is 1. The highest BCUT2D eigenvalue weighted by Crippen LogP contribution is 2.46. The Morgan fingerprint density at radius 2 is 2.05 bits per heavy atom. The molecular formula is C17H24N2O3. The zero-order valence-electron chi connectivity index (χ0n) is 13.2. The predicted octanol–water partition coefficient (Wildman–Crippen LogP) is 1.66. The first-order valence-electron chi connectivity index (χ1n) is 8.10. The molecule has 120 valence electrons. The van der Waals surface area contributed by atoms with Crippen molar-refractivity contribution in [3.63, 3.8) is 0 Å². The maximum atomic E-state index is 12.6. The van der Waals surface area contributed by atoms with Crippen LogP contribution in [0, 0.1) is 5.41 Å². The van der Waals surface area contributed by atoms with Crippen molar-refractivity contribution in [2.75, 3.05) is 20.2 Å². The minimum Gasteiger partial charge on any atom is -0.381 e. The summed E-state index contributed by atoms with van der Waals surface area (Å²) >= 11 is 0. The molecule has 0 aromatic carbocycles. The molecule has 3 rings (SSSR count). The van der Waals surface area contributed by atoms with Crippen LogP contribution in [0.5, 0.6) is 0 Å². The molecule has 0 bridgehead atoms. The molecule has 0 radical (unpaired) electrons. The largest absolute Gasteiger partial charge is 0.381 e. The van der Waals surface area contributed by atoms with E-state index >= 15 is 0 Å². The Hall–Kier alpha value is -1.62. The van der Waals surface area contributed by atoms with Crippen LogP contribution in [-0.2, 0) is 16.1 Å². The van der Waals surface area contributed by atoms with Gasteiger partial charge in [-0.2, -0.15) is 0 Å². The summed E-state index contributed by atoms with van der Waals surface area (Å²) in [6.07, 6.45) is 9.31. The van der Waals surface area contributed by atoms with Crippen molar-refractivity contribution in [3.05, 3.63) is 34.7 Å². The van der Waals surface area contributed by atoms with Gasteiger partial charge in [-0.05, 0) is 25.7 Å². The zero-order valence-corrected chi connectivity index (χ0v) is 13.2. The number of pyridine rings is 1. The number of hydrogen-bond donors (Lipinski definition) is 0. The second-order valence-electron chi connectivity index (χ2n) is 6.60. The Morgan fingerprint density at radius 1 is 1.32 bits per heavy atom. The van der Waals surface area contributed by atoms with Gasteiger partial charge in [0.25, 0.3) is 0 Å². The first-order valence-corrected chi connectivity index (χ1v) is 8.10. The maximum absolute atomic E-state index is 12.6. The molecule has 1 aliphatic carbocycles. The van der Waals surface area contributed by atoms with Crippen LogP contribution in [-0.4, -0.2) is 41.7 Å². The second kappa shape index (κ2) is 6.24. The molecule has 0 N–H and O–H groups in total. The van der Waals surface area contributed by atoms with E-state index < -0.39 is 0 Å². The summed E-state index contributed by atoms with van der Waals surface area (Å²) in [6, 6.07) is 2.98. The minimum atomic E-state index is -0.0329. The SMILES string of the molecule is CO[C@@H]1CCC[C@]12CCCN(C(=O)Cn1ccc(=O)cc1)C2. The molecule has 0 unspecified atom stereocenters. The molecule has 1 aliphatic heterocycles. The first kappa shape index (κ1) is 15.3. The lowest BCUT2D eigenvalue weighted by Gasteiger charge is -2.43. The van der Waals surface area contributed by atoms with Crippen LogP contribution in [0.3, 0.4) is 0 Å². The van der Waals surface area contributed by atoms with Crippen molar-refractivity contribution in [2.24, 2.45) is 5.41 Å². The van der Waals surface area contributed by atoms with Crippen molar-refractivity contribution in [3.8, 4) is 0 Å². The van der Waals surface area contributed by atoms with Crippen LogP contribution >= 0.6 is 0 Å². The molecule has 2 atom stereocenters. The van der Waals surface area contributed by atoms with Crippen LogP contribution in [0.2, 0.25) is 0 Å². The molecule has 1 aromatic heterocycles. The number of carbonyl (C=O) groups excluding carboxylic acids is 1. The quantitative estimate of drug-likeness (QED) is 0.853. The summed E-state index contributed by atoms with van der Waals surface area (Å²) in [6.45, 7) is 1.94. The summed E-state index contributed by atoms with van der Waals surface area (Å²) in [5, 5.41) is 0. The Morgan fingerprint density at radius 3 is 2.77 bits per heavy atom. The summed E-state index contributed by atoms with van der Waals surface area (Å²) in [5.41, 5.74) is 0.126. The molecule has 2 fully saturated rings. The normalized spacial score (nSPS) is 28.2. The average molecular weight is 304 g/mol. The van der Waals surface area contributed by atoms with E-state index in [2.05, 4.69) is 0 Å². The first-order chi connectivity index (χ1) is 10.6. The number of piperidine rings is 1. The molecule has 5 heteroatoms. The number of carbonyl (C=O) groups is 1. The highest BCUT2D eigenvalue weighted by molar-refractivity contribution is 5.76. The third-order valence-corrected chi connectivity index (χ3v) is 5.25. The minimum absolute atomic E-state index is 0.0329. The van der Waals surface area contributed by atoms with Gasteiger partial charge in [-0.3, -0.25) is 9.59 Å². The van der Waals surface area contributed by atoms with Crippen LogP contribution in [0.15, 0.2) is 29.3 Å². The number of ether oxygens (including phenoxy) is 1. The Bertz CT molecular complexity index is 577. The van der Waals surface area contributed by atoms with Crippen molar-refractivity contribution < 1.29 is 9.53 Å². The van der Waals surface area contributed by atoms with E-state index in [-0.39, 0.29) is 22.9 Å².